The molecule has 1 aliphatic rings. The van der Waals surface area contributed by atoms with Crippen LogP contribution in [-0.4, -0.2) is 41.3 Å². The molecule has 1 saturated heterocycles. The highest BCUT2D eigenvalue weighted by molar-refractivity contribution is 7.99. The molecule has 0 aliphatic carbocycles. The smallest absolute Gasteiger partial charge is 0.407 e. The van der Waals surface area contributed by atoms with Gasteiger partial charge in [0.1, 0.15) is 0 Å². The van der Waals surface area contributed by atoms with Crippen LogP contribution in [-0.2, 0) is 9.53 Å². The third kappa shape index (κ3) is 2.80. The summed E-state index contributed by atoms with van der Waals surface area (Å²) in [5.41, 5.74) is 0. The quantitative estimate of drug-likeness (QED) is 0.725. The molecule has 1 heterocycles. The second kappa shape index (κ2) is 5.09. The predicted octanol–water partition coefficient (Wildman–Crippen LogP) is 0.549. The largest absolute Gasteiger partial charge is 0.481 e. The van der Waals surface area contributed by atoms with Crippen molar-refractivity contribution in [2.24, 2.45) is 5.92 Å². The van der Waals surface area contributed by atoms with Crippen molar-refractivity contribution in [1.29, 1.82) is 0 Å². The van der Waals surface area contributed by atoms with Crippen LogP contribution in [0.5, 0.6) is 0 Å². The van der Waals surface area contributed by atoms with Gasteiger partial charge < -0.3 is 15.2 Å². The van der Waals surface area contributed by atoms with E-state index in [1.54, 1.807) is 6.92 Å². The van der Waals surface area contributed by atoms with E-state index in [2.05, 4.69) is 10.1 Å². The molecule has 0 aromatic heterocycles. The van der Waals surface area contributed by atoms with Gasteiger partial charge in [-0.3, -0.25) is 4.79 Å². The summed E-state index contributed by atoms with van der Waals surface area (Å²) in [4.78, 5) is 21.8. The van der Waals surface area contributed by atoms with Crippen molar-refractivity contribution >= 4 is 23.8 Å². The summed E-state index contributed by atoms with van der Waals surface area (Å²) in [7, 11) is 0. The Morgan fingerprint density at radius 1 is 1.57 bits per heavy atom. The number of amides is 1. The molecular formula is C8H13NO4S. The van der Waals surface area contributed by atoms with Crippen molar-refractivity contribution in [2.45, 2.75) is 13.0 Å². The summed E-state index contributed by atoms with van der Waals surface area (Å²) in [5.74, 6) is -0.177. The van der Waals surface area contributed by atoms with Crippen LogP contribution in [0.3, 0.4) is 0 Å². The minimum atomic E-state index is -0.864. The number of carboxylic acid groups (broad SMARTS) is 1. The van der Waals surface area contributed by atoms with E-state index in [0.717, 1.165) is 0 Å². The maximum Gasteiger partial charge on any atom is 0.407 e. The van der Waals surface area contributed by atoms with Crippen LogP contribution in [0.4, 0.5) is 4.79 Å². The summed E-state index contributed by atoms with van der Waals surface area (Å²) >= 11 is 1.53. The maximum atomic E-state index is 11.0. The van der Waals surface area contributed by atoms with Crippen LogP contribution < -0.4 is 5.32 Å². The molecule has 1 rings (SSSR count). The van der Waals surface area contributed by atoms with E-state index in [4.69, 9.17) is 5.11 Å². The van der Waals surface area contributed by atoms with Crippen LogP contribution in [0.25, 0.3) is 0 Å². The number of hydrogen-bond acceptors (Lipinski definition) is 4. The summed E-state index contributed by atoms with van der Waals surface area (Å²) in [6.07, 6.45) is -0.536. The highest BCUT2D eigenvalue weighted by atomic mass is 32.2. The predicted molar refractivity (Wildman–Crippen MR) is 52.4 cm³/mol. The Labute approximate surface area is 86.2 Å². The monoisotopic (exact) mass is 219 g/mol. The fourth-order valence-electron chi connectivity index (χ4n) is 1.26. The Bertz CT molecular complexity index is 233. The average Bonchev–Trinajstić information content (AvgIpc) is 2.52. The van der Waals surface area contributed by atoms with Crippen molar-refractivity contribution in [3.63, 3.8) is 0 Å². The van der Waals surface area contributed by atoms with Gasteiger partial charge >= 0.3 is 12.1 Å². The van der Waals surface area contributed by atoms with Crippen molar-refractivity contribution in [2.75, 3.05) is 18.1 Å². The normalized spacial score (nSPS) is 25.8. The van der Waals surface area contributed by atoms with Crippen LogP contribution in [0.15, 0.2) is 0 Å². The van der Waals surface area contributed by atoms with Crippen LogP contribution in [0, 0.1) is 5.92 Å². The van der Waals surface area contributed by atoms with Crippen molar-refractivity contribution in [3.8, 4) is 0 Å². The molecule has 0 unspecified atom stereocenters. The molecule has 5 nitrogen and oxygen atoms in total. The molecule has 6 heteroatoms. The molecule has 2 atom stereocenters. The van der Waals surface area contributed by atoms with Crippen molar-refractivity contribution in [3.05, 3.63) is 0 Å². The number of nitrogens with one attached hydrogen (secondary N) is 1. The van der Waals surface area contributed by atoms with Gasteiger partial charge in [0.25, 0.3) is 0 Å². The van der Waals surface area contributed by atoms with Crippen molar-refractivity contribution in [1.82, 2.24) is 5.32 Å². The number of thioether (sulfide) groups is 1. The lowest BCUT2D eigenvalue weighted by Crippen LogP contribution is -2.42. The Kier molecular flexibility index (Phi) is 4.06. The van der Waals surface area contributed by atoms with Crippen LogP contribution in [0.2, 0.25) is 0 Å². The number of ether oxygens (including phenoxy) is 1. The van der Waals surface area contributed by atoms with E-state index in [9.17, 15) is 9.59 Å². The topological polar surface area (TPSA) is 75.6 Å². The molecule has 1 amide bonds. The summed E-state index contributed by atoms with van der Waals surface area (Å²) in [6.45, 7) is 2.00. The zero-order valence-corrected chi connectivity index (χ0v) is 8.67. The molecule has 80 valence electrons. The lowest BCUT2D eigenvalue weighted by Gasteiger charge is -2.15. The Morgan fingerprint density at radius 2 is 2.29 bits per heavy atom. The van der Waals surface area contributed by atoms with E-state index in [-0.39, 0.29) is 6.04 Å². The second-order valence-corrected chi connectivity index (χ2v) is 4.03. The van der Waals surface area contributed by atoms with Gasteiger partial charge in [-0.25, -0.2) is 4.79 Å². The molecule has 2 N–H and O–H groups in total. The minimum Gasteiger partial charge on any atom is -0.481 e. The SMILES string of the molecule is CCOC(=O)N[C@@H]1CSC[C@H]1C(=O)O. The van der Waals surface area contributed by atoms with Gasteiger partial charge in [0.15, 0.2) is 0 Å². The summed E-state index contributed by atoms with van der Waals surface area (Å²) < 4.78 is 4.68. The number of aliphatic carboxylic acids is 1. The Balaban J connectivity index is 2.43. The number of carbonyl (C=O) groups is 2. The molecule has 0 spiro atoms. The van der Waals surface area contributed by atoms with E-state index < -0.39 is 18.0 Å². The molecule has 0 bridgehead atoms. The second-order valence-electron chi connectivity index (χ2n) is 2.95. The highest BCUT2D eigenvalue weighted by Gasteiger charge is 2.34. The Hall–Kier alpha value is -0.910. The highest BCUT2D eigenvalue weighted by Crippen LogP contribution is 2.24. The molecule has 0 aromatic carbocycles. The number of carbonyl (C=O) groups excluding carboxylic acids is 1. The van der Waals surface area contributed by atoms with Gasteiger partial charge in [0.05, 0.1) is 18.6 Å². The van der Waals surface area contributed by atoms with Gasteiger partial charge in [-0.2, -0.15) is 11.8 Å². The van der Waals surface area contributed by atoms with Crippen LogP contribution >= 0.6 is 11.8 Å². The maximum absolute atomic E-state index is 11.0. The lowest BCUT2D eigenvalue weighted by atomic mass is 10.1. The minimum absolute atomic E-state index is 0.295. The molecular weight excluding hydrogens is 206 g/mol. The van der Waals surface area contributed by atoms with Gasteiger partial charge in [0.2, 0.25) is 0 Å². The molecule has 0 aromatic rings. The molecule has 0 saturated carbocycles. The molecule has 1 aliphatic heterocycles. The third-order valence-corrected chi connectivity index (χ3v) is 3.17. The van der Waals surface area contributed by atoms with Gasteiger partial charge in [-0.05, 0) is 6.92 Å². The first-order chi connectivity index (χ1) is 6.65. The van der Waals surface area contributed by atoms with E-state index in [1.165, 1.54) is 11.8 Å². The first-order valence-corrected chi connectivity index (χ1v) is 5.54. The first-order valence-electron chi connectivity index (χ1n) is 4.39. The fourth-order valence-corrected chi connectivity index (χ4v) is 2.60. The van der Waals surface area contributed by atoms with E-state index in [1.807, 2.05) is 0 Å². The van der Waals surface area contributed by atoms with E-state index >= 15 is 0 Å². The fraction of sp³-hybridized carbons (Fsp3) is 0.750. The lowest BCUT2D eigenvalue weighted by molar-refractivity contribution is -0.141. The standard InChI is InChI=1S/C8H13NO4S/c1-2-13-8(12)9-6-4-14-3-5(6)7(10)11/h5-6H,2-4H2,1H3,(H,9,12)(H,10,11)/t5-,6-/m1/s1. The van der Waals surface area contributed by atoms with Crippen LogP contribution in [0.1, 0.15) is 6.92 Å². The number of carboxylic acids is 1. The van der Waals surface area contributed by atoms with Gasteiger partial charge in [0, 0.05) is 11.5 Å². The third-order valence-electron chi connectivity index (χ3n) is 1.98. The molecule has 14 heavy (non-hydrogen) atoms. The average molecular weight is 219 g/mol. The summed E-state index contributed by atoms with van der Waals surface area (Å²) in [5, 5.41) is 11.4. The van der Waals surface area contributed by atoms with E-state index in [0.29, 0.717) is 18.1 Å². The number of alkyl carbamates (subject to hydrolysis) is 1. The van der Waals surface area contributed by atoms with Gasteiger partial charge in [-0.1, -0.05) is 0 Å². The molecule has 0 radical (unpaired) electrons. The number of hydrogen-bond donors (Lipinski definition) is 2. The zero-order valence-electron chi connectivity index (χ0n) is 7.86. The van der Waals surface area contributed by atoms with Crippen molar-refractivity contribution < 1.29 is 19.4 Å². The Morgan fingerprint density at radius 3 is 2.86 bits per heavy atom. The molecule has 1 fully saturated rings. The van der Waals surface area contributed by atoms with Gasteiger partial charge in [-0.15, -0.1) is 0 Å². The first kappa shape index (κ1) is 11.2. The summed E-state index contributed by atoms with van der Waals surface area (Å²) in [6, 6.07) is -0.309. The number of rotatable bonds is 3. The zero-order chi connectivity index (χ0) is 10.6.